The molecule has 1 aromatic rings. The quantitative estimate of drug-likeness (QED) is 0.792. The fraction of sp³-hybridized carbons (Fsp3) is 0.579. The van der Waals surface area contributed by atoms with Gasteiger partial charge in [-0.15, -0.1) is 0 Å². The lowest BCUT2D eigenvalue weighted by molar-refractivity contribution is -0.139. The van der Waals surface area contributed by atoms with E-state index < -0.39 is 12.6 Å². The Hall–Kier alpha value is -2.24. The van der Waals surface area contributed by atoms with E-state index in [4.69, 9.17) is 14.6 Å². The molecule has 2 saturated carbocycles. The number of aliphatic carboxylic acids is 1. The summed E-state index contributed by atoms with van der Waals surface area (Å²) >= 11 is 0. The highest BCUT2D eigenvalue weighted by molar-refractivity contribution is 5.95. The summed E-state index contributed by atoms with van der Waals surface area (Å²) in [5.74, 6) is -0.454. The molecule has 25 heavy (non-hydrogen) atoms. The molecule has 1 unspecified atom stereocenters. The number of carbonyl (C=O) groups is 2. The molecule has 2 aliphatic carbocycles. The van der Waals surface area contributed by atoms with Crippen molar-refractivity contribution < 1.29 is 24.2 Å². The first kappa shape index (κ1) is 17.6. The van der Waals surface area contributed by atoms with Crippen LogP contribution >= 0.6 is 0 Å². The van der Waals surface area contributed by atoms with Gasteiger partial charge in [-0.3, -0.25) is 4.79 Å². The zero-order valence-electron chi connectivity index (χ0n) is 14.5. The molecule has 3 rings (SSSR count). The number of amides is 1. The molecule has 0 saturated heterocycles. The minimum Gasteiger partial charge on any atom is -0.490 e. The van der Waals surface area contributed by atoms with Crippen LogP contribution in [0, 0.1) is 5.41 Å². The van der Waals surface area contributed by atoms with Gasteiger partial charge in [-0.2, -0.15) is 0 Å². The van der Waals surface area contributed by atoms with Crippen LogP contribution in [0.25, 0.3) is 0 Å². The minimum absolute atomic E-state index is 0.113. The first-order valence-electron chi connectivity index (χ1n) is 8.96. The number of benzene rings is 1. The van der Waals surface area contributed by atoms with Crippen LogP contribution in [0.3, 0.4) is 0 Å². The fourth-order valence-corrected chi connectivity index (χ4v) is 3.78. The van der Waals surface area contributed by atoms with Crippen molar-refractivity contribution in [1.82, 2.24) is 5.32 Å². The highest BCUT2D eigenvalue weighted by Crippen LogP contribution is 2.56. The van der Waals surface area contributed by atoms with Gasteiger partial charge >= 0.3 is 5.97 Å². The molecule has 2 N–H and O–H groups in total. The van der Waals surface area contributed by atoms with E-state index in [1.54, 1.807) is 18.2 Å². The predicted molar refractivity (Wildman–Crippen MR) is 92.1 cm³/mol. The molecule has 1 amide bonds. The van der Waals surface area contributed by atoms with Crippen LogP contribution in [-0.2, 0) is 4.79 Å². The smallest absolute Gasteiger partial charge is 0.341 e. The number of nitrogens with one attached hydrogen (secondary N) is 1. The molecule has 1 atom stereocenters. The molecular weight excluding hydrogens is 322 g/mol. The van der Waals surface area contributed by atoms with Gasteiger partial charge in [0.25, 0.3) is 5.91 Å². The number of carbonyl (C=O) groups excluding carboxylic acids is 1. The van der Waals surface area contributed by atoms with Crippen LogP contribution in [0.1, 0.15) is 55.8 Å². The molecule has 1 spiro atoms. The van der Waals surface area contributed by atoms with Crippen LogP contribution in [0.15, 0.2) is 18.2 Å². The Balaban J connectivity index is 1.66. The van der Waals surface area contributed by atoms with Gasteiger partial charge in [0.15, 0.2) is 18.1 Å². The van der Waals surface area contributed by atoms with Gasteiger partial charge in [0, 0.05) is 11.6 Å². The van der Waals surface area contributed by atoms with Crippen molar-refractivity contribution in [1.29, 1.82) is 0 Å². The molecule has 2 aliphatic rings. The Labute approximate surface area is 147 Å². The van der Waals surface area contributed by atoms with Crippen molar-refractivity contribution in [2.75, 3.05) is 13.2 Å². The summed E-state index contributed by atoms with van der Waals surface area (Å²) in [6, 6.07) is 5.13. The molecule has 0 aliphatic heterocycles. The summed E-state index contributed by atoms with van der Waals surface area (Å²) in [6.07, 6.45) is 7.33. The number of carboxylic acid groups (broad SMARTS) is 1. The normalized spacial score (nSPS) is 20.8. The molecular formula is C19H25NO5. The standard InChI is InChI=1S/C19H25NO5/c1-2-24-15-10-13(6-7-14(15)25-12-17(21)22)18(23)20-16-11-19(16)8-4-3-5-9-19/h6-7,10,16H,2-5,8-9,11-12H2,1H3,(H,20,23)(H,21,22). The largest absolute Gasteiger partial charge is 0.490 e. The Morgan fingerprint density at radius 3 is 2.64 bits per heavy atom. The van der Waals surface area contributed by atoms with Gasteiger partial charge in [0.1, 0.15) is 0 Å². The maximum Gasteiger partial charge on any atom is 0.341 e. The molecule has 0 heterocycles. The lowest BCUT2D eigenvalue weighted by atomic mass is 9.86. The van der Waals surface area contributed by atoms with Gasteiger partial charge in [0.05, 0.1) is 6.61 Å². The maximum absolute atomic E-state index is 12.6. The third-order valence-corrected chi connectivity index (χ3v) is 5.20. The number of carboxylic acids is 1. The second-order valence-corrected chi connectivity index (χ2v) is 6.93. The Bertz CT molecular complexity index is 651. The van der Waals surface area contributed by atoms with Crippen LogP contribution < -0.4 is 14.8 Å². The summed E-state index contributed by atoms with van der Waals surface area (Å²) in [4.78, 5) is 23.2. The van der Waals surface area contributed by atoms with E-state index in [9.17, 15) is 9.59 Å². The summed E-state index contributed by atoms with van der Waals surface area (Å²) in [7, 11) is 0. The molecule has 1 aromatic carbocycles. The molecule has 0 radical (unpaired) electrons. The van der Waals surface area contributed by atoms with Crippen LogP contribution in [0.5, 0.6) is 11.5 Å². The second-order valence-electron chi connectivity index (χ2n) is 6.93. The summed E-state index contributed by atoms with van der Waals surface area (Å²) in [6.45, 7) is 1.78. The minimum atomic E-state index is -1.06. The average molecular weight is 347 g/mol. The van der Waals surface area contributed by atoms with E-state index in [0.717, 1.165) is 6.42 Å². The number of hydrogen-bond donors (Lipinski definition) is 2. The lowest BCUT2D eigenvalue weighted by Crippen LogP contribution is -2.30. The van der Waals surface area contributed by atoms with Crippen LogP contribution in [0.4, 0.5) is 0 Å². The second kappa shape index (κ2) is 7.33. The Morgan fingerprint density at radius 2 is 1.96 bits per heavy atom. The van der Waals surface area contributed by atoms with Crippen molar-refractivity contribution in [3.05, 3.63) is 23.8 Å². The zero-order chi connectivity index (χ0) is 17.9. The zero-order valence-corrected chi connectivity index (χ0v) is 14.5. The number of ether oxygens (including phenoxy) is 2. The summed E-state index contributed by atoms with van der Waals surface area (Å²) in [5.41, 5.74) is 0.838. The van der Waals surface area contributed by atoms with Crippen molar-refractivity contribution in [3.8, 4) is 11.5 Å². The highest BCUT2D eigenvalue weighted by Gasteiger charge is 2.54. The first-order chi connectivity index (χ1) is 12.0. The summed E-state index contributed by atoms with van der Waals surface area (Å²) < 4.78 is 10.7. The maximum atomic E-state index is 12.6. The topological polar surface area (TPSA) is 84.9 Å². The van der Waals surface area contributed by atoms with Gasteiger partial charge < -0.3 is 19.9 Å². The van der Waals surface area contributed by atoms with Gasteiger partial charge in [0.2, 0.25) is 0 Å². The van der Waals surface area contributed by atoms with E-state index in [1.165, 1.54) is 32.1 Å². The van der Waals surface area contributed by atoms with E-state index in [-0.39, 0.29) is 11.9 Å². The van der Waals surface area contributed by atoms with Gasteiger partial charge in [-0.1, -0.05) is 19.3 Å². The van der Waals surface area contributed by atoms with Gasteiger partial charge in [-0.05, 0) is 49.8 Å². The van der Waals surface area contributed by atoms with Crippen molar-refractivity contribution in [2.24, 2.45) is 5.41 Å². The number of hydrogen-bond acceptors (Lipinski definition) is 4. The van der Waals surface area contributed by atoms with E-state index in [0.29, 0.717) is 29.1 Å². The van der Waals surface area contributed by atoms with Crippen LogP contribution in [0.2, 0.25) is 0 Å². The van der Waals surface area contributed by atoms with Crippen LogP contribution in [-0.4, -0.2) is 36.2 Å². The molecule has 0 bridgehead atoms. The molecule has 6 heteroatoms. The molecule has 0 aromatic heterocycles. The lowest BCUT2D eigenvalue weighted by Gasteiger charge is -2.22. The van der Waals surface area contributed by atoms with Crippen molar-refractivity contribution in [3.63, 3.8) is 0 Å². The SMILES string of the molecule is CCOc1cc(C(=O)NC2CC23CCCCC3)ccc1OCC(=O)O. The molecule has 6 nitrogen and oxygen atoms in total. The Kier molecular flexibility index (Phi) is 5.16. The predicted octanol–water partition coefficient (Wildman–Crippen LogP) is 3.00. The summed E-state index contributed by atoms with van der Waals surface area (Å²) in [5, 5.41) is 11.9. The third-order valence-electron chi connectivity index (χ3n) is 5.20. The van der Waals surface area contributed by atoms with Crippen molar-refractivity contribution in [2.45, 2.75) is 51.5 Å². The number of rotatable bonds is 7. The third kappa shape index (κ3) is 4.06. The Morgan fingerprint density at radius 1 is 1.20 bits per heavy atom. The van der Waals surface area contributed by atoms with Crippen molar-refractivity contribution >= 4 is 11.9 Å². The molecule has 2 fully saturated rings. The first-order valence-corrected chi connectivity index (χ1v) is 8.96. The van der Waals surface area contributed by atoms with E-state index in [1.807, 2.05) is 6.92 Å². The monoisotopic (exact) mass is 347 g/mol. The van der Waals surface area contributed by atoms with E-state index in [2.05, 4.69) is 5.32 Å². The highest BCUT2D eigenvalue weighted by atomic mass is 16.5. The molecule has 136 valence electrons. The fourth-order valence-electron chi connectivity index (χ4n) is 3.78. The average Bonchev–Trinajstić information content (AvgIpc) is 3.25. The van der Waals surface area contributed by atoms with E-state index >= 15 is 0 Å². The van der Waals surface area contributed by atoms with Gasteiger partial charge in [-0.25, -0.2) is 4.79 Å².